The van der Waals surface area contributed by atoms with Crippen LogP contribution in [-0.2, 0) is 44.8 Å². The molecule has 362 valence electrons. The number of hydrogen-bond donors (Lipinski definition) is 1. The Balaban J connectivity index is 1.15. The highest BCUT2D eigenvalue weighted by Gasteiger charge is 2.46. The number of esters is 2. The Kier molecular flexibility index (Phi) is 20.1. The lowest BCUT2D eigenvalue weighted by molar-refractivity contribution is -0.157. The number of imide groups is 1. The molecule has 2 aliphatic heterocycles. The Hall–Kier alpha value is -5.47. The molecular weight excluding hydrogens is 873 g/mol. The van der Waals surface area contributed by atoms with Gasteiger partial charge in [0.1, 0.15) is 30.3 Å². The van der Waals surface area contributed by atoms with E-state index in [1.54, 1.807) is 55.5 Å². The van der Waals surface area contributed by atoms with Crippen LogP contribution in [0.1, 0.15) is 146 Å². The zero-order chi connectivity index (χ0) is 48.5. The van der Waals surface area contributed by atoms with Gasteiger partial charge < -0.3 is 24.1 Å². The van der Waals surface area contributed by atoms with E-state index in [4.69, 9.17) is 18.9 Å². The molecule has 0 spiro atoms. The molecular formula is C53H68N2O11S. The van der Waals surface area contributed by atoms with Gasteiger partial charge in [0, 0.05) is 37.5 Å². The number of rotatable bonds is 18. The number of thiazole rings is 1. The highest BCUT2D eigenvalue weighted by molar-refractivity contribution is 7.18. The van der Waals surface area contributed by atoms with Crippen LogP contribution in [0.3, 0.4) is 0 Å². The molecule has 67 heavy (non-hydrogen) atoms. The lowest BCUT2D eigenvalue weighted by atomic mass is 9.71. The topological polar surface area (TPSA) is 176 Å². The Labute approximate surface area is 399 Å². The number of carbonyl (C=O) groups excluding carboxylic acids is 6. The van der Waals surface area contributed by atoms with Gasteiger partial charge in [-0.05, 0) is 108 Å². The normalized spacial score (nSPS) is 22.6. The van der Waals surface area contributed by atoms with Gasteiger partial charge in [0.2, 0.25) is 0 Å². The number of aliphatic hydroxyl groups excluding tert-OH is 1. The Morgan fingerprint density at radius 3 is 2.31 bits per heavy atom. The number of ether oxygens (including phenoxy) is 4. The molecule has 3 heterocycles. The Morgan fingerprint density at radius 1 is 0.955 bits per heavy atom. The van der Waals surface area contributed by atoms with E-state index < -0.39 is 48.2 Å². The molecule has 2 aliphatic rings. The average molecular weight is 941 g/mol. The number of aliphatic hydroxyl groups is 1. The molecule has 1 N–H and O–H groups in total. The summed E-state index contributed by atoms with van der Waals surface area (Å²) in [4.78, 5) is 83.6. The molecule has 1 aromatic heterocycles. The van der Waals surface area contributed by atoms with Gasteiger partial charge in [0.05, 0.1) is 33.2 Å². The van der Waals surface area contributed by atoms with E-state index in [2.05, 4.69) is 17.6 Å². The number of amides is 2. The fourth-order valence-electron chi connectivity index (χ4n) is 8.59. The number of fused-ring (bicyclic) bond motifs is 1. The number of cyclic esters (lactones) is 1. The van der Waals surface area contributed by atoms with Crippen molar-refractivity contribution in [3.8, 4) is 5.75 Å². The zero-order valence-electron chi connectivity index (χ0n) is 39.8. The van der Waals surface area contributed by atoms with Gasteiger partial charge in [-0.1, -0.05) is 81.4 Å². The van der Waals surface area contributed by atoms with Crippen molar-refractivity contribution in [2.75, 3.05) is 6.54 Å². The molecule has 2 amide bonds. The van der Waals surface area contributed by atoms with E-state index >= 15 is 0 Å². The van der Waals surface area contributed by atoms with Crippen LogP contribution in [0.2, 0.25) is 0 Å². The van der Waals surface area contributed by atoms with Crippen molar-refractivity contribution in [2.45, 2.75) is 156 Å². The number of nitrogens with zero attached hydrogens (tertiary/aromatic N) is 2. The third-order valence-electron chi connectivity index (χ3n) is 12.8. The number of ketones is 1. The van der Waals surface area contributed by atoms with Crippen molar-refractivity contribution in [1.82, 2.24) is 9.88 Å². The predicted octanol–water partition coefficient (Wildman–Crippen LogP) is 10.9. The van der Waals surface area contributed by atoms with E-state index in [9.17, 15) is 33.9 Å². The fourth-order valence-corrected chi connectivity index (χ4v) is 9.40. The highest BCUT2D eigenvalue weighted by atomic mass is 32.1. The van der Waals surface area contributed by atoms with Crippen molar-refractivity contribution in [3.63, 3.8) is 0 Å². The quantitative estimate of drug-likeness (QED) is 0.0421. The molecule has 14 heteroatoms. The van der Waals surface area contributed by atoms with Crippen molar-refractivity contribution >= 4 is 57.2 Å². The third kappa shape index (κ3) is 15.8. The first-order chi connectivity index (χ1) is 32.0. The molecule has 13 nitrogen and oxygen atoms in total. The summed E-state index contributed by atoms with van der Waals surface area (Å²) in [5, 5.41) is 12.5. The number of unbranched alkanes of at least 4 members (excludes halogenated alkanes) is 7. The summed E-state index contributed by atoms with van der Waals surface area (Å²) >= 11 is 1.58. The number of allylic oxidation sites excluding steroid dienone is 2. The third-order valence-corrected chi connectivity index (χ3v) is 13.7. The minimum absolute atomic E-state index is 0.192. The maximum absolute atomic E-state index is 14.5. The van der Waals surface area contributed by atoms with Gasteiger partial charge in [-0.15, -0.1) is 17.9 Å². The van der Waals surface area contributed by atoms with Crippen LogP contribution in [0.25, 0.3) is 10.2 Å². The number of aryl methyl sites for hydroxylation is 1. The Bertz CT molecular complexity index is 2240. The predicted molar refractivity (Wildman–Crippen MR) is 257 cm³/mol. The van der Waals surface area contributed by atoms with Crippen molar-refractivity contribution in [2.24, 2.45) is 17.3 Å². The van der Waals surface area contributed by atoms with Crippen molar-refractivity contribution < 1.29 is 52.8 Å². The van der Waals surface area contributed by atoms with E-state index in [1.165, 1.54) is 17.1 Å². The van der Waals surface area contributed by atoms with Gasteiger partial charge in [-0.2, -0.15) is 0 Å². The number of carbonyl (C=O) groups is 6. The van der Waals surface area contributed by atoms with Gasteiger partial charge in [0.25, 0.3) is 11.8 Å². The first-order valence-electron chi connectivity index (χ1n) is 23.8. The van der Waals surface area contributed by atoms with Crippen LogP contribution in [-0.4, -0.2) is 69.4 Å². The summed E-state index contributed by atoms with van der Waals surface area (Å²) in [6.07, 6.45) is 12.3. The smallest absolute Gasteiger partial charge is 0.457 e. The molecule has 5 atom stereocenters. The molecule has 5 rings (SSSR count). The van der Waals surface area contributed by atoms with Gasteiger partial charge in [-0.25, -0.2) is 9.78 Å². The lowest BCUT2D eigenvalue weighted by Crippen LogP contribution is -2.48. The van der Waals surface area contributed by atoms with Crippen LogP contribution in [0.5, 0.6) is 5.75 Å². The van der Waals surface area contributed by atoms with E-state index in [-0.39, 0.29) is 48.9 Å². The number of hydrogen-bond acceptors (Lipinski definition) is 13. The Morgan fingerprint density at radius 2 is 1.63 bits per heavy atom. The fraction of sp³-hybridized carbons (Fsp3) is 0.528. The zero-order valence-corrected chi connectivity index (χ0v) is 40.6. The summed E-state index contributed by atoms with van der Waals surface area (Å²) in [6.45, 7) is 13.2. The minimum atomic E-state index is -1.46. The van der Waals surface area contributed by atoms with E-state index in [1.807, 2.05) is 39.0 Å². The maximum Gasteiger partial charge on any atom is 0.508 e. The van der Waals surface area contributed by atoms with Crippen LogP contribution in [0.15, 0.2) is 78.9 Å². The standard InChI is InChI=1S/C53H68N2O11S/c1-7-17-41-50(60)36(3)19-16-18-35(2)21-27-43(39-24-28-44-42(32-39)54-37(4)67-44)65-49(59)33-45(53(5,6)51(41)61)66-52(62)63-34-38-22-25-40(26-23-38)64-48(58)20-14-12-10-8-9-11-13-15-31-55-46(56)29-30-47(55)57/h7,21-26,28-30,32,36,41,43,45,50,60H,1,8-20,27,31,33-34H2,2-6H3/b35-21-/t36-,41+,43-,45-,50-/m0/s1. The second-order valence-electron chi connectivity index (χ2n) is 18.5. The molecule has 0 saturated carbocycles. The average Bonchev–Trinajstić information content (AvgIpc) is 3.84. The van der Waals surface area contributed by atoms with Crippen LogP contribution < -0.4 is 4.74 Å². The summed E-state index contributed by atoms with van der Waals surface area (Å²) < 4.78 is 24.1. The van der Waals surface area contributed by atoms with Gasteiger partial charge >= 0.3 is 18.1 Å². The van der Waals surface area contributed by atoms with Crippen LogP contribution in [0.4, 0.5) is 4.79 Å². The number of benzene rings is 2. The number of aromatic nitrogens is 1. The molecule has 3 aromatic rings. The molecule has 2 aromatic carbocycles. The summed E-state index contributed by atoms with van der Waals surface area (Å²) in [7, 11) is 0. The van der Waals surface area contributed by atoms with Crippen molar-refractivity contribution in [1.29, 1.82) is 0 Å². The molecule has 0 radical (unpaired) electrons. The minimum Gasteiger partial charge on any atom is -0.457 e. The highest BCUT2D eigenvalue weighted by Crippen LogP contribution is 2.37. The van der Waals surface area contributed by atoms with E-state index in [0.717, 1.165) is 84.1 Å². The first kappa shape index (κ1) is 52.5. The van der Waals surface area contributed by atoms with Crippen molar-refractivity contribution in [3.05, 3.63) is 95.1 Å². The largest absolute Gasteiger partial charge is 0.508 e. The van der Waals surface area contributed by atoms with Gasteiger partial charge in [-0.3, -0.25) is 28.9 Å². The second-order valence-corrected chi connectivity index (χ2v) is 19.7. The summed E-state index contributed by atoms with van der Waals surface area (Å²) in [5.74, 6) is -2.59. The molecule has 0 unspecified atom stereocenters. The molecule has 0 saturated heterocycles. The molecule has 0 aliphatic carbocycles. The monoisotopic (exact) mass is 940 g/mol. The first-order valence-corrected chi connectivity index (χ1v) is 24.6. The lowest BCUT2D eigenvalue weighted by Gasteiger charge is -2.37. The molecule has 0 fully saturated rings. The second kappa shape index (κ2) is 25.6. The number of Topliss-reactive ketones (excluding diaryl/α,β-unsaturated/α-hetero) is 1. The summed E-state index contributed by atoms with van der Waals surface area (Å²) in [5.41, 5.74) is 1.82. The molecule has 0 bridgehead atoms. The summed E-state index contributed by atoms with van der Waals surface area (Å²) in [6, 6.07) is 12.4. The van der Waals surface area contributed by atoms with Crippen LogP contribution >= 0.6 is 11.3 Å². The van der Waals surface area contributed by atoms with E-state index in [0.29, 0.717) is 37.1 Å². The maximum atomic E-state index is 14.5. The SMILES string of the molecule is C=CC[C@H]1C(=O)C(C)(C)[C@@H](OC(=O)OCc2ccc(OC(=O)CCCCCCCCCCN3C(=O)C=CC3=O)cc2)CC(=O)O[C@H](c2ccc3sc(C)nc3c2)C/C=C(/C)CCC[C@H](C)[C@@H]1O. The van der Waals surface area contributed by atoms with Gasteiger partial charge in [0.15, 0.2) is 0 Å². The van der Waals surface area contributed by atoms with Crippen LogP contribution in [0, 0.1) is 24.2 Å².